The second-order valence-corrected chi connectivity index (χ2v) is 3.26. The van der Waals surface area contributed by atoms with Crippen LogP contribution in [-0.2, 0) is 4.79 Å². The van der Waals surface area contributed by atoms with Crippen LogP contribution in [0.25, 0.3) is 0 Å². The van der Waals surface area contributed by atoms with Gasteiger partial charge in [-0.2, -0.15) is 0 Å². The van der Waals surface area contributed by atoms with E-state index < -0.39 is 5.97 Å². The second-order valence-electron chi connectivity index (χ2n) is 3.26. The highest BCUT2D eigenvalue weighted by atomic mass is 16.4. The highest BCUT2D eigenvalue weighted by molar-refractivity contribution is 5.85. The SMILES string of the molecule is C=CN(CCC(=O)O)C(=NC)C(C)C. The van der Waals surface area contributed by atoms with E-state index in [-0.39, 0.29) is 12.3 Å². The molecule has 0 aromatic heterocycles. The molecule has 0 radical (unpaired) electrons. The highest BCUT2D eigenvalue weighted by Gasteiger charge is 2.12. The maximum atomic E-state index is 10.4. The molecular weight excluding hydrogens is 180 g/mol. The molecule has 0 aliphatic heterocycles. The van der Waals surface area contributed by atoms with Gasteiger partial charge < -0.3 is 10.0 Å². The molecular formula is C10H18N2O2. The second kappa shape index (κ2) is 6.18. The van der Waals surface area contributed by atoms with E-state index in [1.54, 1.807) is 18.1 Å². The van der Waals surface area contributed by atoms with Crippen LogP contribution >= 0.6 is 0 Å². The summed E-state index contributed by atoms with van der Waals surface area (Å²) in [6, 6.07) is 0. The first-order valence-corrected chi connectivity index (χ1v) is 4.60. The van der Waals surface area contributed by atoms with E-state index in [0.717, 1.165) is 5.84 Å². The van der Waals surface area contributed by atoms with E-state index >= 15 is 0 Å². The Hall–Kier alpha value is -1.32. The molecule has 1 N–H and O–H groups in total. The molecule has 4 nitrogen and oxygen atoms in total. The van der Waals surface area contributed by atoms with Crippen LogP contribution < -0.4 is 0 Å². The van der Waals surface area contributed by atoms with Crippen molar-refractivity contribution in [2.24, 2.45) is 10.9 Å². The number of carboxylic acids is 1. The van der Waals surface area contributed by atoms with E-state index in [0.29, 0.717) is 6.54 Å². The van der Waals surface area contributed by atoms with Gasteiger partial charge in [-0.25, -0.2) is 0 Å². The van der Waals surface area contributed by atoms with Crippen molar-refractivity contribution in [1.29, 1.82) is 0 Å². The van der Waals surface area contributed by atoms with Crippen LogP contribution in [0.15, 0.2) is 17.8 Å². The van der Waals surface area contributed by atoms with Crippen molar-refractivity contribution in [3.63, 3.8) is 0 Å². The van der Waals surface area contributed by atoms with E-state index in [2.05, 4.69) is 11.6 Å². The van der Waals surface area contributed by atoms with E-state index in [4.69, 9.17) is 5.11 Å². The van der Waals surface area contributed by atoms with Gasteiger partial charge in [-0.1, -0.05) is 20.4 Å². The summed E-state index contributed by atoms with van der Waals surface area (Å²) < 4.78 is 0. The normalized spacial score (nSPS) is 11.6. The molecule has 0 saturated carbocycles. The third kappa shape index (κ3) is 4.07. The van der Waals surface area contributed by atoms with Gasteiger partial charge in [-0.3, -0.25) is 9.79 Å². The molecule has 14 heavy (non-hydrogen) atoms. The predicted octanol–water partition coefficient (Wildman–Crippen LogP) is 1.59. The zero-order valence-corrected chi connectivity index (χ0v) is 9.03. The number of amidine groups is 1. The fourth-order valence-corrected chi connectivity index (χ4v) is 1.23. The minimum absolute atomic E-state index is 0.0950. The zero-order chi connectivity index (χ0) is 11.1. The lowest BCUT2D eigenvalue weighted by Crippen LogP contribution is -2.31. The van der Waals surface area contributed by atoms with Crippen LogP contribution in [0.5, 0.6) is 0 Å². The summed E-state index contributed by atoms with van der Waals surface area (Å²) in [5, 5.41) is 8.55. The van der Waals surface area contributed by atoms with Crippen LogP contribution in [0.3, 0.4) is 0 Å². The molecule has 0 unspecified atom stereocenters. The molecule has 0 aromatic rings. The summed E-state index contributed by atoms with van der Waals surface area (Å²) in [6.07, 6.45) is 1.71. The van der Waals surface area contributed by atoms with Crippen molar-refractivity contribution in [1.82, 2.24) is 4.90 Å². The summed E-state index contributed by atoms with van der Waals surface area (Å²) in [5.41, 5.74) is 0. The zero-order valence-electron chi connectivity index (χ0n) is 9.03. The van der Waals surface area contributed by atoms with Gasteiger partial charge >= 0.3 is 5.97 Å². The first-order valence-electron chi connectivity index (χ1n) is 4.60. The Morgan fingerprint density at radius 2 is 2.21 bits per heavy atom. The van der Waals surface area contributed by atoms with Crippen LogP contribution in [0.2, 0.25) is 0 Å². The molecule has 0 heterocycles. The highest BCUT2D eigenvalue weighted by Crippen LogP contribution is 2.05. The van der Waals surface area contributed by atoms with Gasteiger partial charge in [0.25, 0.3) is 0 Å². The predicted molar refractivity (Wildman–Crippen MR) is 57.4 cm³/mol. The first-order chi connectivity index (χ1) is 6.52. The van der Waals surface area contributed by atoms with Gasteiger partial charge in [0, 0.05) is 19.5 Å². The van der Waals surface area contributed by atoms with Crippen molar-refractivity contribution in [3.8, 4) is 0 Å². The fourth-order valence-electron chi connectivity index (χ4n) is 1.23. The molecule has 80 valence electrons. The quantitative estimate of drug-likeness (QED) is 0.539. The lowest BCUT2D eigenvalue weighted by atomic mass is 10.2. The molecule has 4 heteroatoms. The summed E-state index contributed by atoms with van der Waals surface area (Å²) in [5.74, 6) is 0.323. The number of nitrogens with zero attached hydrogens (tertiary/aromatic N) is 2. The Bertz CT molecular complexity index is 234. The number of rotatable bonds is 5. The number of carbonyl (C=O) groups is 1. The number of carboxylic acid groups (broad SMARTS) is 1. The minimum atomic E-state index is -0.809. The van der Waals surface area contributed by atoms with Crippen molar-refractivity contribution >= 4 is 11.8 Å². The van der Waals surface area contributed by atoms with Crippen molar-refractivity contribution in [2.75, 3.05) is 13.6 Å². The maximum absolute atomic E-state index is 10.4. The molecule has 0 aliphatic rings. The van der Waals surface area contributed by atoms with Crippen LogP contribution in [0, 0.1) is 5.92 Å². The third-order valence-corrected chi connectivity index (χ3v) is 1.83. The summed E-state index contributed by atoms with van der Waals surface area (Å²) >= 11 is 0. The van der Waals surface area contributed by atoms with Crippen molar-refractivity contribution in [2.45, 2.75) is 20.3 Å². The largest absolute Gasteiger partial charge is 0.481 e. The average Bonchev–Trinajstić information content (AvgIpc) is 2.10. The molecule has 0 saturated heterocycles. The molecule has 0 bridgehead atoms. The molecule has 0 atom stereocenters. The minimum Gasteiger partial charge on any atom is -0.481 e. The smallest absolute Gasteiger partial charge is 0.305 e. The summed E-state index contributed by atoms with van der Waals surface area (Å²) in [7, 11) is 1.70. The Balaban J connectivity index is 4.38. The lowest BCUT2D eigenvalue weighted by Gasteiger charge is -2.23. The number of hydrogen-bond donors (Lipinski definition) is 1. The molecule has 0 rings (SSSR count). The summed E-state index contributed by atoms with van der Waals surface area (Å²) in [6.45, 7) is 8.09. The molecule has 0 fully saturated rings. The average molecular weight is 198 g/mol. The van der Waals surface area contributed by atoms with Gasteiger partial charge in [-0.05, 0) is 6.20 Å². The van der Waals surface area contributed by atoms with Crippen LogP contribution in [-0.4, -0.2) is 35.4 Å². The van der Waals surface area contributed by atoms with Gasteiger partial charge in [-0.15, -0.1) is 0 Å². The van der Waals surface area contributed by atoms with E-state index in [1.807, 2.05) is 13.8 Å². The fraction of sp³-hybridized carbons (Fsp3) is 0.600. The lowest BCUT2D eigenvalue weighted by molar-refractivity contribution is -0.137. The number of aliphatic imine (C=N–C) groups is 1. The van der Waals surface area contributed by atoms with Gasteiger partial charge in [0.15, 0.2) is 0 Å². The molecule has 0 aromatic carbocycles. The van der Waals surface area contributed by atoms with Crippen LogP contribution in [0.1, 0.15) is 20.3 Å². The third-order valence-electron chi connectivity index (χ3n) is 1.83. The van der Waals surface area contributed by atoms with Gasteiger partial charge in [0.05, 0.1) is 6.42 Å². The van der Waals surface area contributed by atoms with Crippen molar-refractivity contribution < 1.29 is 9.90 Å². The number of hydrogen-bond acceptors (Lipinski definition) is 2. The molecule has 0 aliphatic carbocycles. The molecule has 0 amide bonds. The van der Waals surface area contributed by atoms with E-state index in [1.165, 1.54) is 0 Å². The Morgan fingerprint density at radius 1 is 1.64 bits per heavy atom. The monoisotopic (exact) mass is 198 g/mol. The first kappa shape index (κ1) is 12.7. The van der Waals surface area contributed by atoms with Crippen molar-refractivity contribution in [3.05, 3.63) is 12.8 Å². The maximum Gasteiger partial charge on any atom is 0.305 e. The number of aliphatic carboxylic acids is 1. The summed E-state index contributed by atoms with van der Waals surface area (Å²) in [4.78, 5) is 16.3. The topological polar surface area (TPSA) is 52.9 Å². The molecule has 0 spiro atoms. The van der Waals surface area contributed by atoms with Gasteiger partial charge in [0.2, 0.25) is 0 Å². The standard InChI is InChI=1S/C10H18N2O2/c1-5-12(7-6-9(13)14)10(11-4)8(2)3/h5,8H,1,6-7H2,2-4H3,(H,13,14). The van der Waals surface area contributed by atoms with Crippen LogP contribution in [0.4, 0.5) is 0 Å². The Labute approximate surface area is 84.9 Å². The Morgan fingerprint density at radius 3 is 2.50 bits per heavy atom. The van der Waals surface area contributed by atoms with E-state index in [9.17, 15) is 4.79 Å². The Kier molecular flexibility index (Phi) is 5.60. The van der Waals surface area contributed by atoms with Gasteiger partial charge in [0.1, 0.15) is 5.84 Å².